The highest BCUT2D eigenvalue weighted by molar-refractivity contribution is 6.10. The van der Waals surface area contributed by atoms with Crippen LogP contribution in [-0.2, 0) is 9.53 Å². The average molecular weight is 367 g/mol. The van der Waals surface area contributed by atoms with Gasteiger partial charge in [0.25, 0.3) is 0 Å². The van der Waals surface area contributed by atoms with Crippen molar-refractivity contribution >= 4 is 34.3 Å². The first kappa shape index (κ1) is 19.0. The van der Waals surface area contributed by atoms with E-state index >= 15 is 0 Å². The minimum atomic E-state index is -0.0761. The molecule has 1 aromatic heterocycles. The predicted molar refractivity (Wildman–Crippen MR) is 109 cm³/mol. The van der Waals surface area contributed by atoms with Crippen molar-refractivity contribution in [3.8, 4) is 0 Å². The van der Waals surface area contributed by atoms with Crippen LogP contribution in [0.3, 0.4) is 0 Å². The molecule has 0 radical (unpaired) electrons. The van der Waals surface area contributed by atoms with Gasteiger partial charge in [0.2, 0.25) is 5.91 Å². The Hall–Kier alpha value is -2.77. The van der Waals surface area contributed by atoms with Gasteiger partial charge in [-0.2, -0.15) is 0 Å². The van der Waals surface area contributed by atoms with Crippen LogP contribution in [0.2, 0.25) is 0 Å². The number of amides is 1. The number of carbonyl (C=O) groups is 1. The number of nitrogens with one attached hydrogen (secondary N) is 1. The van der Waals surface area contributed by atoms with E-state index in [1.54, 1.807) is 19.5 Å². The summed E-state index contributed by atoms with van der Waals surface area (Å²) in [6, 6.07) is 7.83. The van der Waals surface area contributed by atoms with Gasteiger partial charge in [0.15, 0.2) is 0 Å². The van der Waals surface area contributed by atoms with E-state index in [9.17, 15) is 4.79 Å². The first-order valence-electron chi connectivity index (χ1n) is 8.97. The number of allylic oxidation sites excluding steroid dienone is 1. The van der Waals surface area contributed by atoms with Gasteiger partial charge >= 0.3 is 0 Å². The molecular weight excluding hydrogens is 342 g/mol. The molecule has 3 N–H and O–H groups in total. The molecule has 142 valence electrons. The largest absolute Gasteiger partial charge is 0.404 e. The van der Waals surface area contributed by atoms with E-state index in [1.807, 2.05) is 31.2 Å². The highest BCUT2D eigenvalue weighted by atomic mass is 16.5. The topological polar surface area (TPSA) is 92.8 Å². The molecule has 0 aliphatic carbocycles. The molecule has 3 rings (SSSR count). The molecule has 0 unspecified atom stereocenters. The number of ether oxygens (including phenoxy) is 1. The third-order valence-electron chi connectivity index (χ3n) is 4.46. The number of fused-ring (bicyclic) bond motifs is 1. The number of hydrogen-bond donors (Lipinski definition) is 2. The first-order valence-corrected chi connectivity index (χ1v) is 8.97. The van der Waals surface area contributed by atoms with Gasteiger partial charge in [0, 0.05) is 49.7 Å². The first-order chi connectivity index (χ1) is 13.1. The van der Waals surface area contributed by atoms with E-state index in [2.05, 4.69) is 20.2 Å². The number of anilines is 1. The molecule has 2 heterocycles. The zero-order valence-corrected chi connectivity index (χ0v) is 15.7. The molecule has 1 saturated heterocycles. The molecule has 1 aliphatic heterocycles. The van der Waals surface area contributed by atoms with Gasteiger partial charge in [0.05, 0.1) is 19.3 Å². The summed E-state index contributed by atoms with van der Waals surface area (Å²) in [5, 5.41) is 4.85. The maximum absolute atomic E-state index is 12.4. The van der Waals surface area contributed by atoms with E-state index < -0.39 is 0 Å². The number of aliphatic imine (C=N–C) groups is 1. The lowest BCUT2D eigenvalue weighted by molar-refractivity contribution is -0.119. The zero-order valence-electron chi connectivity index (χ0n) is 15.7. The van der Waals surface area contributed by atoms with Gasteiger partial charge in [-0.05, 0) is 30.0 Å². The van der Waals surface area contributed by atoms with E-state index in [0.29, 0.717) is 19.0 Å². The van der Waals surface area contributed by atoms with E-state index in [0.717, 1.165) is 35.0 Å². The van der Waals surface area contributed by atoms with Crippen LogP contribution < -0.4 is 11.1 Å². The third-order valence-corrected chi connectivity index (χ3v) is 4.46. The number of benzene rings is 1. The minimum absolute atomic E-state index is 0.0761. The number of aromatic nitrogens is 1. The quantitative estimate of drug-likeness (QED) is 0.788. The Morgan fingerprint density at radius 1 is 1.44 bits per heavy atom. The Balaban J connectivity index is 1.74. The Kier molecular flexibility index (Phi) is 6.16. The molecule has 7 heteroatoms. The Bertz CT molecular complexity index is 878. The molecular formula is C20H25N5O2. The summed E-state index contributed by atoms with van der Waals surface area (Å²) in [6.45, 7) is 4.53. The van der Waals surface area contributed by atoms with Gasteiger partial charge < -0.3 is 15.8 Å². The lowest BCUT2D eigenvalue weighted by Gasteiger charge is -2.30. The summed E-state index contributed by atoms with van der Waals surface area (Å²) in [6.07, 6.45) is 5.15. The Morgan fingerprint density at radius 3 is 3.04 bits per heavy atom. The van der Waals surface area contributed by atoms with Crippen LogP contribution in [0.4, 0.5) is 5.82 Å². The molecule has 2 aromatic rings. The second kappa shape index (κ2) is 8.75. The standard InChI is InChI=1S/C20H25N5O2/c1-14-12-25(5-6-27-14)13-20(26)24-19-8-17-7-15(18(9-21)10-22-2)3-4-16(17)11-23-19/h3-4,7-11,14H,5-6,12-13,21H2,1-2H3,(H,23,24,26)/t14-/m0/s1. The van der Waals surface area contributed by atoms with E-state index in [4.69, 9.17) is 10.5 Å². The molecule has 0 bridgehead atoms. The smallest absolute Gasteiger partial charge is 0.239 e. The maximum atomic E-state index is 12.4. The van der Waals surface area contributed by atoms with E-state index in [1.165, 1.54) is 6.20 Å². The summed E-state index contributed by atoms with van der Waals surface area (Å²) in [5.41, 5.74) is 7.49. The Labute approximate surface area is 158 Å². The van der Waals surface area contributed by atoms with Crippen LogP contribution in [0.5, 0.6) is 0 Å². The predicted octanol–water partition coefficient (Wildman–Crippen LogP) is 1.89. The fourth-order valence-electron chi connectivity index (χ4n) is 3.16. The molecule has 1 fully saturated rings. The van der Waals surface area contributed by atoms with Crippen molar-refractivity contribution < 1.29 is 9.53 Å². The molecule has 1 aliphatic rings. The van der Waals surface area contributed by atoms with Crippen molar-refractivity contribution in [1.29, 1.82) is 0 Å². The molecule has 0 spiro atoms. The van der Waals surface area contributed by atoms with Gasteiger partial charge in [-0.15, -0.1) is 0 Å². The molecule has 1 aromatic carbocycles. The summed E-state index contributed by atoms with van der Waals surface area (Å²) in [5.74, 6) is 0.459. The summed E-state index contributed by atoms with van der Waals surface area (Å²) in [4.78, 5) is 22.8. The van der Waals surface area contributed by atoms with Crippen LogP contribution in [0.1, 0.15) is 12.5 Å². The Morgan fingerprint density at radius 2 is 2.30 bits per heavy atom. The van der Waals surface area contributed by atoms with Crippen LogP contribution in [0.15, 0.2) is 41.7 Å². The van der Waals surface area contributed by atoms with Crippen molar-refractivity contribution in [2.75, 3.05) is 38.6 Å². The fraction of sp³-hybridized carbons (Fsp3) is 0.350. The van der Waals surface area contributed by atoms with E-state index in [-0.39, 0.29) is 12.0 Å². The normalized spacial score (nSPS) is 18.9. The number of carbonyl (C=O) groups excluding carboxylic acids is 1. The highest BCUT2D eigenvalue weighted by Gasteiger charge is 2.19. The van der Waals surface area contributed by atoms with Gasteiger partial charge in [0.1, 0.15) is 5.82 Å². The monoisotopic (exact) mass is 367 g/mol. The molecule has 1 amide bonds. The van der Waals surface area contributed by atoms with Crippen molar-refractivity contribution in [1.82, 2.24) is 9.88 Å². The second-order valence-corrected chi connectivity index (χ2v) is 6.61. The van der Waals surface area contributed by atoms with Gasteiger partial charge in [-0.1, -0.05) is 12.1 Å². The maximum Gasteiger partial charge on any atom is 0.239 e. The SMILES string of the molecule is CN=CC(=CN)c1ccc2cnc(NC(=O)CN3CCO[C@@H](C)C3)cc2c1. The van der Waals surface area contributed by atoms with Gasteiger partial charge in [-0.3, -0.25) is 14.7 Å². The number of nitrogens with zero attached hydrogens (tertiary/aromatic N) is 3. The number of morpholine rings is 1. The third kappa shape index (κ3) is 4.90. The van der Waals surface area contributed by atoms with Crippen molar-refractivity contribution in [2.45, 2.75) is 13.0 Å². The van der Waals surface area contributed by atoms with Crippen LogP contribution >= 0.6 is 0 Å². The summed E-state index contributed by atoms with van der Waals surface area (Å²) in [7, 11) is 1.71. The van der Waals surface area contributed by atoms with Crippen molar-refractivity contribution in [2.24, 2.45) is 10.7 Å². The van der Waals surface area contributed by atoms with Gasteiger partial charge in [-0.25, -0.2) is 4.98 Å². The van der Waals surface area contributed by atoms with Crippen LogP contribution in [0, 0.1) is 0 Å². The number of rotatable bonds is 5. The minimum Gasteiger partial charge on any atom is -0.404 e. The van der Waals surface area contributed by atoms with Crippen LogP contribution in [-0.4, -0.2) is 61.4 Å². The van der Waals surface area contributed by atoms with Crippen molar-refractivity contribution in [3.63, 3.8) is 0 Å². The summed E-state index contributed by atoms with van der Waals surface area (Å²) >= 11 is 0. The zero-order chi connectivity index (χ0) is 19.2. The average Bonchev–Trinajstić information content (AvgIpc) is 2.65. The second-order valence-electron chi connectivity index (χ2n) is 6.61. The van der Waals surface area contributed by atoms with Crippen LogP contribution in [0.25, 0.3) is 16.3 Å². The van der Waals surface area contributed by atoms with Crippen molar-refractivity contribution in [3.05, 3.63) is 42.2 Å². The molecule has 0 saturated carbocycles. The summed E-state index contributed by atoms with van der Waals surface area (Å²) < 4.78 is 5.50. The molecule has 1 atom stereocenters. The number of hydrogen-bond acceptors (Lipinski definition) is 6. The lowest BCUT2D eigenvalue weighted by Crippen LogP contribution is -2.44. The molecule has 7 nitrogen and oxygen atoms in total. The molecule has 27 heavy (non-hydrogen) atoms. The number of pyridine rings is 1. The lowest BCUT2D eigenvalue weighted by atomic mass is 10.0. The number of nitrogens with two attached hydrogens (primary N) is 1. The fourth-order valence-corrected chi connectivity index (χ4v) is 3.16. The highest BCUT2D eigenvalue weighted by Crippen LogP contribution is 2.22.